The number of phenols is 1. The van der Waals surface area contributed by atoms with Crippen molar-refractivity contribution in [2.45, 2.75) is 0 Å². The normalized spacial score (nSPS) is 9.29. The van der Waals surface area contributed by atoms with Crippen molar-refractivity contribution in [3.05, 3.63) is 29.8 Å². The number of hydrogen-bond acceptors (Lipinski definition) is 5. The van der Waals surface area contributed by atoms with Gasteiger partial charge in [0.2, 0.25) is 0 Å². The first kappa shape index (κ1) is 15.4. The fourth-order valence-electron chi connectivity index (χ4n) is 0.887. The molecular formula is C11H17NO5. The summed E-state index contributed by atoms with van der Waals surface area (Å²) in [6.07, 6.45) is 0. The second-order valence-corrected chi connectivity index (χ2v) is 3.05. The summed E-state index contributed by atoms with van der Waals surface area (Å²) in [5.74, 6) is -0.912. The van der Waals surface area contributed by atoms with E-state index in [0.29, 0.717) is 13.1 Å². The molecule has 1 aromatic carbocycles. The van der Waals surface area contributed by atoms with Gasteiger partial charge >= 0.3 is 5.97 Å². The van der Waals surface area contributed by atoms with Gasteiger partial charge in [-0.05, 0) is 24.3 Å². The number of carboxylic acid groups (broad SMARTS) is 1. The number of benzene rings is 1. The number of carboxylic acids is 1. The van der Waals surface area contributed by atoms with E-state index in [-0.39, 0.29) is 24.5 Å². The van der Waals surface area contributed by atoms with E-state index in [1.807, 2.05) is 0 Å². The predicted octanol–water partition coefficient (Wildman–Crippen LogP) is -0.349. The van der Waals surface area contributed by atoms with Crippen molar-refractivity contribution in [1.29, 1.82) is 0 Å². The molecule has 6 nitrogen and oxygen atoms in total. The van der Waals surface area contributed by atoms with Crippen molar-refractivity contribution in [3.63, 3.8) is 0 Å². The van der Waals surface area contributed by atoms with Crippen molar-refractivity contribution in [2.24, 2.45) is 0 Å². The van der Waals surface area contributed by atoms with E-state index in [9.17, 15) is 4.79 Å². The van der Waals surface area contributed by atoms with Crippen LogP contribution in [0.15, 0.2) is 24.3 Å². The molecular weight excluding hydrogens is 226 g/mol. The summed E-state index contributed by atoms with van der Waals surface area (Å²) in [5.41, 5.74) is 0.179. The van der Waals surface area contributed by atoms with Gasteiger partial charge in [0.15, 0.2) is 0 Å². The maximum Gasteiger partial charge on any atom is 0.335 e. The van der Waals surface area contributed by atoms with Crippen LogP contribution in [0.3, 0.4) is 0 Å². The molecule has 0 spiro atoms. The molecule has 6 heteroatoms. The van der Waals surface area contributed by atoms with Gasteiger partial charge in [-0.25, -0.2) is 4.79 Å². The van der Waals surface area contributed by atoms with Gasteiger partial charge < -0.3 is 25.7 Å². The molecule has 5 N–H and O–H groups in total. The molecule has 1 rings (SSSR count). The van der Waals surface area contributed by atoms with E-state index in [0.717, 1.165) is 0 Å². The van der Waals surface area contributed by atoms with E-state index in [4.69, 9.17) is 20.4 Å². The molecule has 0 aliphatic carbocycles. The molecule has 0 fully saturated rings. The molecule has 17 heavy (non-hydrogen) atoms. The molecule has 0 aliphatic heterocycles. The number of rotatable bonds is 5. The number of aliphatic hydroxyl groups is 2. The van der Waals surface area contributed by atoms with Gasteiger partial charge in [0.05, 0.1) is 18.8 Å². The zero-order valence-corrected chi connectivity index (χ0v) is 9.33. The zero-order chi connectivity index (χ0) is 13.1. The Morgan fingerprint density at radius 3 is 1.88 bits per heavy atom. The molecule has 0 saturated heterocycles. The Morgan fingerprint density at radius 2 is 1.53 bits per heavy atom. The van der Waals surface area contributed by atoms with Crippen LogP contribution in [0.1, 0.15) is 10.4 Å². The zero-order valence-electron chi connectivity index (χ0n) is 9.33. The monoisotopic (exact) mass is 243 g/mol. The second-order valence-electron chi connectivity index (χ2n) is 3.05. The van der Waals surface area contributed by atoms with Gasteiger partial charge in [0.1, 0.15) is 5.75 Å². The van der Waals surface area contributed by atoms with Crippen LogP contribution in [-0.4, -0.2) is 52.7 Å². The third-order valence-electron chi connectivity index (χ3n) is 1.69. The number of carbonyl (C=O) groups is 1. The summed E-state index contributed by atoms with van der Waals surface area (Å²) in [7, 11) is 0. The molecule has 0 aliphatic rings. The molecule has 0 radical (unpaired) electrons. The van der Waals surface area contributed by atoms with Gasteiger partial charge in [0, 0.05) is 13.1 Å². The summed E-state index contributed by atoms with van der Waals surface area (Å²) in [6.45, 7) is 1.42. The van der Waals surface area contributed by atoms with Crippen LogP contribution in [0.5, 0.6) is 5.75 Å². The summed E-state index contributed by atoms with van der Waals surface area (Å²) in [6, 6.07) is 5.36. The minimum Gasteiger partial charge on any atom is -0.508 e. The Kier molecular flexibility index (Phi) is 8.67. The van der Waals surface area contributed by atoms with Gasteiger partial charge in [-0.3, -0.25) is 0 Å². The molecule has 0 amide bonds. The number of aromatic hydroxyl groups is 1. The Bertz CT molecular complexity index is 308. The number of hydrogen-bond donors (Lipinski definition) is 5. The van der Waals surface area contributed by atoms with Crippen molar-refractivity contribution < 1.29 is 25.2 Å². The van der Waals surface area contributed by atoms with Crippen molar-refractivity contribution in [3.8, 4) is 5.75 Å². The van der Waals surface area contributed by atoms with Crippen LogP contribution in [-0.2, 0) is 0 Å². The van der Waals surface area contributed by atoms with Crippen molar-refractivity contribution in [1.82, 2.24) is 5.32 Å². The summed E-state index contributed by atoms with van der Waals surface area (Å²) in [5, 5.41) is 36.2. The van der Waals surface area contributed by atoms with E-state index >= 15 is 0 Å². The number of aromatic carboxylic acids is 1. The molecule has 0 aromatic heterocycles. The SMILES string of the molecule is O=C(O)c1ccc(O)cc1.OCCNCCO. The van der Waals surface area contributed by atoms with Gasteiger partial charge in [-0.2, -0.15) is 0 Å². The van der Waals surface area contributed by atoms with Crippen molar-refractivity contribution >= 4 is 5.97 Å². The van der Waals surface area contributed by atoms with Gasteiger partial charge in [-0.15, -0.1) is 0 Å². The first-order valence-electron chi connectivity index (χ1n) is 5.06. The maximum atomic E-state index is 10.2. The molecule has 0 atom stereocenters. The standard InChI is InChI=1S/C7H6O3.C4H11NO2/c8-6-3-1-5(2-4-6)7(9)10;6-3-1-5-2-4-7/h1-4,8H,(H,9,10);5-7H,1-4H2. The third-order valence-corrected chi connectivity index (χ3v) is 1.69. The maximum absolute atomic E-state index is 10.2. The lowest BCUT2D eigenvalue weighted by Gasteiger charge is -1.94. The summed E-state index contributed by atoms with van der Waals surface area (Å²) < 4.78 is 0. The lowest BCUT2D eigenvalue weighted by molar-refractivity contribution is 0.0697. The van der Waals surface area contributed by atoms with E-state index in [1.165, 1.54) is 24.3 Å². The highest BCUT2D eigenvalue weighted by atomic mass is 16.4. The molecule has 96 valence electrons. The Hall–Kier alpha value is -1.63. The van der Waals surface area contributed by atoms with Crippen LogP contribution in [0.4, 0.5) is 0 Å². The van der Waals surface area contributed by atoms with Crippen LogP contribution < -0.4 is 5.32 Å². The highest BCUT2D eigenvalue weighted by Gasteiger charge is 1.99. The highest BCUT2D eigenvalue weighted by Crippen LogP contribution is 2.08. The average Bonchev–Trinajstić information content (AvgIpc) is 2.31. The van der Waals surface area contributed by atoms with Gasteiger partial charge in [0.25, 0.3) is 0 Å². The van der Waals surface area contributed by atoms with Crippen LogP contribution >= 0.6 is 0 Å². The minimum atomic E-state index is -0.986. The topological polar surface area (TPSA) is 110 Å². The first-order chi connectivity index (χ1) is 8.11. The number of nitrogens with one attached hydrogen (secondary N) is 1. The minimum absolute atomic E-state index is 0.0741. The highest BCUT2D eigenvalue weighted by molar-refractivity contribution is 5.87. The second kappa shape index (κ2) is 9.59. The van der Waals surface area contributed by atoms with E-state index in [1.54, 1.807) is 0 Å². The molecule has 0 bridgehead atoms. The smallest absolute Gasteiger partial charge is 0.335 e. The van der Waals surface area contributed by atoms with Crippen molar-refractivity contribution in [2.75, 3.05) is 26.3 Å². The Labute approximate surface area is 99.2 Å². The van der Waals surface area contributed by atoms with Crippen LogP contribution in [0.25, 0.3) is 0 Å². The largest absolute Gasteiger partial charge is 0.508 e. The number of aliphatic hydroxyl groups excluding tert-OH is 2. The quantitative estimate of drug-likeness (QED) is 0.452. The molecule has 0 saturated carbocycles. The Morgan fingerprint density at radius 1 is 1.06 bits per heavy atom. The lowest BCUT2D eigenvalue weighted by Crippen LogP contribution is -2.21. The molecule has 1 aromatic rings. The third kappa shape index (κ3) is 8.21. The van der Waals surface area contributed by atoms with E-state index < -0.39 is 5.97 Å². The summed E-state index contributed by atoms with van der Waals surface area (Å²) in [4.78, 5) is 10.2. The number of phenolic OH excluding ortho intramolecular Hbond substituents is 1. The van der Waals surface area contributed by atoms with E-state index in [2.05, 4.69) is 5.32 Å². The summed E-state index contributed by atoms with van der Waals surface area (Å²) >= 11 is 0. The molecule has 0 heterocycles. The average molecular weight is 243 g/mol. The van der Waals surface area contributed by atoms with Crippen LogP contribution in [0.2, 0.25) is 0 Å². The fourth-order valence-corrected chi connectivity index (χ4v) is 0.887. The van der Waals surface area contributed by atoms with Gasteiger partial charge in [-0.1, -0.05) is 0 Å². The Balaban J connectivity index is 0.000000325. The van der Waals surface area contributed by atoms with Crippen LogP contribution in [0, 0.1) is 0 Å². The lowest BCUT2D eigenvalue weighted by atomic mass is 10.2. The fraction of sp³-hybridized carbons (Fsp3) is 0.364. The predicted molar refractivity (Wildman–Crippen MR) is 62.1 cm³/mol. The molecule has 0 unspecified atom stereocenters. The first-order valence-corrected chi connectivity index (χ1v) is 5.06.